The van der Waals surface area contributed by atoms with Crippen molar-refractivity contribution in [3.05, 3.63) is 224 Å². The third-order valence-electron chi connectivity index (χ3n) is 11.4. The summed E-state index contributed by atoms with van der Waals surface area (Å²) < 4.78 is 6.74. The highest BCUT2D eigenvalue weighted by atomic mass is 16.3. The molecule has 0 radical (unpaired) electrons. The van der Waals surface area contributed by atoms with E-state index >= 15 is 0 Å². The number of furan rings is 1. The fourth-order valence-electron chi connectivity index (χ4n) is 8.45. The maximum absolute atomic E-state index is 6.74. The summed E-state index contributed by atoms with van der Waals surface area (Å²) in [4.78, 5) is 2.36. The smallest absolute Gasteiger partial charge is 0.143 e. The second-order valence-electron chi connectivity index (χ2n) is 15.0. The SMILES string of the molecule is c1ccc(-c2ccc3oc4c(-c5cccc(-c6ccc(N(c7ccc8ccccc8c7)c7ccc8ccccc8c7)cc6)c5)cc(-c5ccccc5)cc4c3c2)cc1. The lowest BCUT2D eigenvalue weighted by molar-refractivity contribution is 0.670. The molecule has 0 aliphatic rings. The minimum atomic E-state index is 0.885. The highest BCUT2D eigenvalue weighted by molar-refractivity contribution is 6.12. The standard InChI is InChI=1S/C56H37NO/c1-3-12-38(13-4-1)46-26-31-55-53(35-46)54-37-48(39-14-5-2-6-15-39)36-52(56(54)58-55)47-21-11-20-43(32-47)42-22-27-49(28-23-42)57(50-29-24-40-16-7-9-18-44(40)33-50)51-30-25-41-17-8-10-19-45(41)34-51/h1-37H. The number of fused-ring (bicyclic) bond motifs is 5. The Bertz CT molecular complexity index is 3190. The van der Waals surface area contributed by atoms with Crippen LogP contribution in [0, 0.1) is 0 Å². The van der Waals surface area contributed by atoms with Gasteiger partial charge < -0.3 is 9.32 Å². The van der Waals surface area contributed by atoms with Gasteiger partial charge in [-0.15, -0.1) is 0 Å². The second kappa shape index (κ2) is 14.1. The molecule has 11 rings (SSSR count). The van der Waals surface area contributed by atoms with E-state index in [1.807, 2.05) is 0 Å². The van der Waals surface area contributed by atoms with Crippen LogP contribution >= 0.6 is 0 Å². The first-order valence-electron chi connectivity index (χ1n) is 19.8. The van der Waals surface area contributed by atoms with Crippen molar-refractivity contribution >= 4 is 60.5 Å². The van der Waals surface area contributed by atoms with Crippen molar-refractivity contribution in [3.63, 3.8) is 0 Å². The third kappa shape index (κ3) is 6.09. The van der Waals surface area contributed by atoms with Crippen molar-refractivity contribution in [2.24, 2.45) is 0 Å². The van der Waals surface area contributed by atoms with Gasteiger partial charge in [-0.05, 0) is 127 Å². The summed E-state index contributed by atoms with van der Waals surface area (Å²) in [6.45, 7) is 0. The van der Waals surface area contributed by atoms with Gasteiger partial charge in [0.1, 0.15) is 11.2 Å². The van der Waals surface area contributed by atoms with Crippen molar-refractivity contribution < 1.29 is 4.42 Å². The molecule has 0 N–H and O–H groups in total. The molecule has 0 amide bonds. The van der Waals surface area contributed by atoms with Crippen LogP contribution in [0.1, 0.15) is 0 Å². The van der Waals surface area contributed by atoms with E-state index in [2.05, 4.69) is 229 Å². The predicted octanol–water partition coefficient (Wildman–Crippen LogP) is 16.0. The van der Waals surface area contributed by atoms with Gasteiger partial charge in [-0.1, -0.05) is 158 Å². The van der Waals surface area contributed by atoms with E-state index in [9.17, 15) is 0 Å². The topological polar surface area (TPSA) is 16.4 Å². The minimum absolute atomic E-state index is 0.885. The van der Waals surface area contributed by atoms with Crippen LogP contribution < -0.4 is 4.90 Å². The number of nitrogens with zero attached hydrogens (tertiary/aromatic N) is 1. The van der Waals surface area contributed by atoms with Crippen LogP contribution in [0.25, 0.3) is 88.0 Å². The molecule has 11 aromatic rings. The van der Waals surface area contributed by atoms with Crippen molar-refractivity contribution in [1.29, 1.82) is 0 Å². The van der Waals surface area contributed by atoms with E-state index in [1.54, 1.807) is 0 Å². The van der Waals surface area contributed by atoms with Gasteiger partial charge in [0, 0.05) is 33.4 Å². The van der Waals surface area contributed by atoms with E-state index < -0.39 is 0 Å². The molecule has 272 valence electrons. The quantitative estimate of drug-likeness (QED) is 0.162. The average molecular weight is 740 g/mol. The van der Waals surface area contributed by atoms with Crippen LogP contribution in [0.2, 0.25) is 0 Å². The largest absolute Gasteiger partial charge is 0.455 e. The number of anilines is 3. The maximum Gasteiger partial charge on any atom is 0.143 e. The zero-order valence-corrected chi connectivity index (χ0v) is 31.7. The first kappa shape index (κ1) is 33.6. The zero-order valence-electron chi connectivity index (χ0n) is 31.7. The first-order chi connectivity index (χ1) is 28.7. The normalized spacial score (nSPS) is 11.4. The zero-order chi connectivity index (χ0) is 38.4. The Labute approximate surface area is 337 Å². The molecule has 0 unspecified atom stereocenters. The lowest BCUT2D eigenvalue weighted by Gasteiger charge is -2.26. The van der Waals surface area contributed by atoms with Gasteiger partial charge >= 0.3 is 0 Å². The second-order valence-corrected chi connectivity index (χ2v) is 15.0. The van der Waals surface area contributed by atoms with Gasteiger partial charge in [0.05, 0.1) is 0 Å². The summed E-state index contributed by atoms with van der Waals surface area (Å²) in [7, 11) is 0. The summed E-state index contributed by atoms with van der Waals surface area (Å²) in [5, 5.41) is 7.11. The number of hydrogen-bond acceptors (Lipinski definition) is 2. The summed E-state index contributed by atoms with van der Waals surface area (Å²) in [5.74, 6) is 0. The van der Waals surface area contributed by atoms with Crippen LogP contribution in [0.5, 0.6) is 0 Å². The Balaban J connectivity index is 1.01. The number of benzene rings is 10. The molecule has 2 heteroatoms. The summed E-state index contributed by atoms with van der Waals surface area (Å²) >= 11 is 0. The van der Waals surface area contributed by atoms with Crippen LogP contribution in [0.3, 0.4) is 0 Å². The molecular weight excluding hydrogens is 703 g/mol. The molecular formula is C56H37NO. The fourth-order valence-corrected chi connectivity index (χ4v) is 8.45. The van der Waals surface area contributed by atoms with Gasteiger partial charge in [0.25, 0.3) is 0 Å². The first-order valence-corrected chi connectivity index (χ1v) is 19.8. The van der Waals surface area contributed by atoms with Crippen molar-refractivity contribution in [2.75, 3.05) is 4.90 Å². The Morgan fingerprint density at radius 3 is 1.41 bits per heavy atom. The molecule has 10 aromatic carbocycles. The molecule has 0 atom stereocenters. The molecule has 0 aliphatic heterocycles. The van der Waals surface area contributed by atoms with Crippen molar-refractivity contribution in [1.82, 2.24) is 0 Å². The number of rotatable bonds is 7. The molecule has 1 aromatic heterocycles. The van der Waals surface area contributed by atoms with E-state index in [0.717, 1.165) is 66.8 Å². The highest BCUT2D eigenvalue weighted by Crippen LogP contribution is 2.43. The molecule has 0 spiro atoms. The molecule has 1 heterocycles. The van der Waals surface area contributed by atoms with Crippen LogP contribution in [0.4, 0.5) is 17.1 Å². The average Bonchev–Trinajstić information content (AvgIpc) is 3.67. The van der Waals surface area contributed by atoms with Gasteiger partial charge in [-0.3, -0.25) is 0 Å². The Morgan fingerprint density at radius 2 is 0.759 bits per heavy atom. The summed E-state index contributed by atoms with van der Waals surface area (Å²) in [5.41, 5.74) is 14.3. The lowest BCUT2D eigenvalue weighted by atomic mass is 9.93. The molecule has 0 aliphatic carbocycles. The van der Waals surface area contributed by atoms with E-state index in [-0.39, 0.29) is 0 Å². The van der Waals surface area contributed by atoms with Gasteiger partial charge in [-0.2, -0.15) is 0 Å². The highest BCUT2D eigenvalue weighted by Gasteiger charge is 2.18. The van der Waals surface area contributed by atoms with Crippen molar-refractivity contribution in [3.8, 4) is 44.5 Å². The predicted molar refractivity (Wildman–Crippen MR) is 245 cm³/mol. The van der Waals surface area contributed by atoms with Gasteiger partial charge in [0.15, 0.2) is 0 Å². The van der Waals surface area contributed by atoms with Crippen molar-refractivity contribution in [2.45, 2.75) is 0 Å². The van der Waals surface area contributed by atoms with Gasteiger partial charge in [0.2, 0.25) is 0 Å². The number of hydrogen-bond donors (Lipinski definition) is 0. The van der Waals surface area contributed by atoms with Crippen LogP contribution in [-0.4, -0.2) is 0 Å². The third-order valence-corrected chi connectivity index (χ3v) is 11.4. The summed E-state index contributed by atoms with van der Waals surface area (Å²) in [6.07, 6.45) is 0. The maximum atomic E-state index is 6.74. The Hall–Kier alpha value is -7.68. The molecule has 2 nitrogen and oxygen atoms in total. The molecule has 0 saturated carbocycles. The molecule has 58 heavy (non-hydrogen) atoms. The Morgan fingerprint density at radius 1 is 0.276 bits per heavy atom. The fraction of sp³-hybridized carbons (Fsp3) is 0. The van der Waals surface area contributed by atoms with E-state index in [0.29, 0.717) is 0 Å². The summed E-state index contributed by atoms with van der Waals surface area (Å²) in [6, 6.07) is 80.7. The molecule has 0 saturated heterocycles. The minimum Gasteiger partial charge on any atom is -0.455 e. The lowest BCUT2D eigenvalue weighted by Crippen LogP contribution is -2.09. The Kier molecular flexibility index (Phi) is 8.19. The van der Waals surface area contributed by atoms with E-state index in [1.165, 1.54) is 38.2 Å². The van der Waals surface area contributed by atoms with Crippen LogP contribution in [0.15, 0.2) is 229 Å². The van der Waals surface area contributed by atoms with Crippen LogP contribution in [-0.2, 0) is 0 Å². The molecule has 0 bridgehead atoms. The van der Waals surface area contributed by atoms with Gasteiger partial charge in [-0.25, -0.2) is 0 Å². The molecule has 0 fully saturated rings. The van der Waals surface area contributed by atoms with E-state index in [4.69, 9.17) is 4.42 Å². The monoisotopic (exact) mass is 739 g/mol.